The normalized spacial score (nSPS) is 19.6. The molecule has 3 N–H and O–H groups in total. The van der Waals surface area contributed by atoms with E-state index in [1.54, 1.807) is 0 Å². The Kier molecular flexibility index (Phi) is 6.15. The van der Waals surface area contributed by atoms with E-state index in [1.807, 2.05) is 49.4 Å². The van der Waals surface area contributed by atoms with Crippen LogP contribution in [-0.4, -0.2) is 11.1 Å². The first-order valence-corrected chi connectivity index (χ1v) is 6.29. The molecule has 0 amide bonds. The van der Waals surface area contributed by atoms with E-state index in [-0.39, 0.29) is 12.0 Å². The third-order valence-electron chi connectivity index (χ3n) is 2.94. The number of carboxylic acids is 1. The summed E-state index contributed by atoms with van der Waals surface area (Å²) in [5.41, 5.74) is 6.81. The topological polar surface area (TPSA) is 63.3 Å². The Morgan fingerprint density at radius 2 is 2.00 bits per heavy atom. The van der Waals surface area contributed by atoms with Gasteiger partial charge in [0.05, 0.1) is 5.92 Å². The summed E-state index contributed by atoms with van der Waals surface area (Å²) < 4.78 is 0. The molecule has 0 spiro atoms. The van der Waals surface area contributed by atoms with E-state index in [2.05, 4.69) is 0 Å². The van der Waals surface area contributed by atoms with Crippen LogP contribution in [0.3, 0.4) is 0 Å². The van der Waals surface area contributed by atoms with Crippen molar-refractivity contribution >= 4 is 5.97 Å². The van der Waals surface area contributed by atoms with Crippen LogP contribution in [0.4, 0.5) is 0 Å². The number of nitrogens with two attached hydrogens (primary N) is 1. The molecule has 1 aliphatic carbocycles. The maximum absolute atomic E-state index is 10.3. The van der Waals surface area contributed by atoms with Crippen molar-refractivity contribution in [2.45, 2.75) is 32.2 Å². The van der Waals surface area contributed by atoms with Crippen molar-refractivity contribution in [2.24, 2.45) is 11.7 Å². The lowest BCUT2D eigenvalue weighted by Crippen LogP contribution is -2.13. The highest BCUT2D eigenvalue weighted by atomic mass is 16.4. The molecule has 98 valence electrons. The van der Waals surface area contributed by atoms with Crippen LogP contribution in [0.15, 0.2) is 42.5 Å². The van der Waals surface area contributed by atoms with Crippen molar-refractivity contribution in [3.63, 3.8) is 0 Å². The minimum atomic E-state index is -0.653. The standard InChI is InChI=1S/C8H11N.C7H10O2/c1-7(9)8-5-3-2-4-6-8;8-7(9)6-4-2-1-3-5-6/h2-7H,9H2,1H3;1-2,6H,3-5H2,(H,8,9)/t;6-/m.0/s1. The average molecular weight is 247 g/mol. The smallest absolute Gasteiger partial charge is 0.306 e. The Labute approximate surface area is 108 Å². The molecule has 1 aromatic rings. The molecule has 0 bridgehead atoms. The van der Waals surface area contributed by atoms with E-state index in [1.165, 1.54) is 5.56 Å². The van der Waals surface area contributed by atoms with Crippen LogP contribution in [0.1, 0.15) is 37.8 Å². The van der Waals surface area contributed by atoms with Gasteiger partial charge in [-0.3, -0.25) is 4.79 Å². The van der Waals surface area contributed by atoms with Gasteiger partial charge in [-0.2, -0.15) is 0 Å². The molecule has 0 fully saturated rings. The molecule has 1 aromatic carbocycles. The van der Waals surface area contributed by atoms with E-state index >= 15 is 0 Å². The average Bonchev–Trinajstić information content (AvgIpc) is 2.41. The number of benzene rings is 1. The summed E-state index contributed by atoms with van der Waals surface area (Å²) in [6.45, 7) is 1.98. The van der Waals surface area contributed by atoms with Crippen LogP contribution in [-0.2, 0) is 4.79 Å². The fourth-order valence-electron chi connectivity index (χ4n) is 1.77. The molecule has 3 heteroatoms. The van der Waals surface area contributed by atoms with Crippen molar-refractivity contribution in [2.75, 3.05) is 0 Å². The van der Waals surface area contributed by atoms with Crippen molar-refractivity contribution in [3.8, 4) is 0 Å². The molecule has 0 aromatic heterocycles. The highest BCUT2D eigenvalue weighted by Crippen LogP contribution is 2.17. The van der Waals surface area contributed by atoms with Crippen molar-refractivity contribution < 1.29 is 9.90 Å². The van der Waals surface area contributed by atoms with Gasteiger partial charge in [-0.15, -0.1) is 0 Å². The van der Waals surface area contributed by atoms with Gasteiger partial charge in [0, 0.05) is 6.04 Å². The van der Waals surface area contributed by atoms with Gasteiger partial charge in [-0.05, 0) is 31.7 Å². The summed E-state index contributed by atoms with van der Waals surface area (Å²) in [6.07, 6.45) is 6.44. The largest absolute Gasteiger partial charge is 0.481 e. The molecule has 0 aliphatic heterocycles. The van der Waals surface area contributed by atoms with Crippen molar-refractivity contribution in [3.05, 3.63) is 48.0 Å². The van der Waals surface area contributed by atoms with Gasteiger partial charge in [0.25, 0.3) is 0 Å². The molecule has 0 saturated heterocycles. The minimum Gasteiger partial charge on any atom is -0.481 e. The van der Waals surface area contributed by atoms with E-state index in [4.69, 9.17) is 10.8 Å². The second-order valence-electron chi connectivity index (χ2n) is 4.52. The summed E-state index contributed by atoms with van der Waals surface area (Å²) in [6, 6.07) is 10.2. The minimum absolute atomic E-state index is 0.116. The Hall–Kier alpha value is -1.61. The quantitative estimate of drug-likeness (QED) is 0.789. The second kappa shape index (κ2) is 7.67. The molecular formula is C15H21NO2. The second-order valence-corrected chi connectivity index (χ2v) is 4.52. The van der Waals surface area contributed by atoms with E-state index in [9.17, 15) is 4.79 Å². The van der Waals surface area contributed by atoms with Crippen LogP contribution in [0.5, 0.6) is 0 Å². The third-order valence-corrected chi connectivity index (χ3v) is 2.94. The van der Waals surface area contributed by atoms with Crippen LogP contribution in [0.25, 0.3) is 0 Å². The number of carbonyl (C=O) groups is 1. The first kappa shape index (κ1) is 14.5. The zero-order valence-electron chi connectivity index (χ0n) is 10.8. The zero-order chi connectivity index (χ0) is 13.4. The van der Waals surface area contributed by atoms with Crippen molar-refractivity contribution in [1.29, 1.82) is 0 Å². The lowest BCUT2D eigenvalue weighted by molar-refractivity contribution is -0.141. The fourth-order valence-corrected chi connectivity index (χ4v) is 1.77. The van der Waals surface area contributed by atoms with Gasteiger partial charge < -0.3 is 10.8 Å². The Bertz CT molecular complexity index is 385. The van der Waals surface area contributed by atoms with Gasteiger partial charge in [0.15, 0.2) is 0 Å². The molecule has 0 radical (unpaired) electrons. The molecular weight excluding hydrogens is 226 g/mol. The van der Waals surface area contributed by atoms with Crippen LogP contribution >= 0.6 is 0 Å². The van der Waals surface area contributed by atoms with Crippen molar-refractivity contribution in [1.82, 2.24) is 0 Å². The maximum Gasteiger partial charge on any atom is 0.306 e. The molecule has 18 heavy (non-hydrogen) atoms. The summed E-state index contributed by atoms with van der Waals surface area (Å²) in [5, 5.41) is 8.50. The summed E-state index contributed by atoms with van der Waals surface area (Å²) in [7, 11) is 0. The summed E-state index contributed by atoms with van der Waals surface area (Å²) >= 11 is 0. The van der Waals surface area contributed by atoms with E-state index < -0.39 is 5.97 Å². The lowest BCUT2D eigenvalue weighted by atomic mass is 9.95. The molecule has 3 nitrogen and oxygen atoms in total. The SMILES string of the molecule is CC(N)c1ccccc1.O=C(O)[C@H]1CC=CCC1. The Morgan fingerprint density at radius 1 is 1.33 bits per heavy atom. The molecule has 2 rings (SSSR count). The third kappa shape index (κ3) is 5.15. The van der Waals surface area contributed by atoms with Gasteiger partial charge in [0.1, 0.15) is 0 Å². The molecule has 0 saturated carbocycles. The first-order chi connectivity index (χ1) is 8.61. The fraction of sp³-hybridized carbons (Fsp3) is 0.400. The van der Waals surface area contributed by atoms with Crippen LogP contribution in [0, 0.1) is 5.92 Å². The van der Waals surface area contributed by atoms with Crippen LogP contribution < -0.4 is 5.73 Å². The van der Waals surface area contributed by atoms with Gasteiger partial charge >= 0.3 is 5.97 Å². The molecule has 2 atom stereocenters. The molecule has 1 aliphatic rings. The Morgan fingerprint density at radius 3 is 2.33 bits per heavy atom. The van der Waals surface area contributed by atoms with Gasteiger partial charge in [0.2, 0.25) is 0 Å². The number of hydrogen-bond donors (Lipinski definition) is 2. The zero-order valence-corrected chi connectivity index (χ0v) is 10.8. The molecule has 0 heterocycles. The number of aliphatic carboxylic acids is 1. The predicted molar refractivity (Wildman–Crippen MR) is 73.2 cm³/mol. The Balaban J connectivity index is 0.000000180. The van der Waals surface area contributed by atoms with E-state index in [0.29, 0.717) is 0 Å². The summed E-state index contributed by atoms with van der Waals surface area (Å²) in [4.78, 5) is 10.3. The highest BCUT2D eigenvalue weighted by molar-refractivity contribution is 5.70. The van der Waals surface area contributed by atoms with E-state index in [0.717, 1.165) is 19.3 Å². The number of rotatable bonds is 2. The summed E-state index contributed by atoms with van der Waals surface area (Å²) in [5.74, 6) is -0.769. The number of carboxylic acid groups (broad SMARTS) is 1. The highest BCUT2D eigenvalue weighted by Gasteiger charge is 2.16. The predicted octanol–water partition coefficient (Wildman–Crippen LogP) is 3.13. The number of allylic oxidation sites excluding steroid dienone is 2. The first-order valence-electron chi connectivity index (χ1n) is 6.29. The number of hydrogen-bond acceptors (Lipinski definition) is 2. The monoisotopic (exact) mass is 247 g/mol. The molecule has 1 unspecified atom stereocenters. The van der Waals surface area contributed by atoms with Gasteiger partial charge in [-0.25, -0.2) is 0 Å². The van der Waals surface area contributed by atoms with Gasteiger partial charge in [-0.1, -0.05) is 42.5 Å². The van der Waals surface area contributed by atoms with Crippen LogP contribution in [0.2, 0.25) is 0 Å². The maximum atomic E-state index is 10.3. The lowest BCUT2D eigenvalue weighted by Gasteiger charge is -2.11.